The van der Waals surface area contributed by atoms with Crippen LogP contribution in [0.5, 0.6) is 0 Å². The van der Waals surface area contributed by atoms with E-state index < -0.39 is 35.9 Å². The first-order valence-corrected chi connectivity index (χ1v) is 8.69. The second-order valence-electron chi connectivity index (χ2n) is 7.55. The minimum absolute atomic E-state index is 0.000334. The van der Waals surface area contributed by atoms with Gasteiger partial charge in [0.25, 0.3) is 0 Å². The Morgan fingerprint density at radius 3 is 2.07 bits per heavy atom. The van der Waals surface area contributed by atoms with Gasteiger partial charge in [0.2, 0.25) is 11.8 Å². The minimum Gasteiger partial charge on any atom is -0.368 e. The lowest BCUT2D eigenvalue weighted by atomic mass is 9.86. The first-order chi connectivity index (χ1) is 12.6. The van der Waals surface area contributed by atoms with Crippen LogP contribution in [0.4, 0.5) is 8.78 Å². The SMILES string of the molecule is CC(C)(C)c1ccc(C[C@H](NC(=O)Cc2c(F)cccc2F)C(N)=O)cc1. The molecule has 0 saturated carbocycles. The van der Waals surface area contributed by atoms with Gasteiger partial charge >= 0.3 is 0 Å². The molecule has 4 nitrogen and oxygen atoms in total. The molecule has 2 amide bonds. The van der Waals surface area contributed by atoms with Crippen LogP contribution in [0.25, 0.3) is 0 Å². The summed E-state index contributed by atoms with van der Waals surface area (Å²) in [6, 6.07) is 10.1. The maximum absolute atomic E-state index is 13.7. The van der Waals surface area contributed by atoms with Crippen molar-refractivity contribution in [3.63, 3.8) is 0 Å². The van der Waals surface area contributed by atoms with Gasteiger partial charge < -0.3 is 11.1 Å². The van der Waals surface area contributed by atoms with Crippen molar-refractivity contribution in [1.82, 2.24) is 5.32 Å². The number of carbonyl (C=O) groups is 2. The lowest BCUT2D eigenvalue weighted by Gasteiger charge is -2.20. The molecule has 2 aromatic rings. The molecule has 0 spiro atoms. The highest BCUT2D eigenvalue weighted by atomic mass is 19.1. The number of hydrogen-bond acceptors (Lipinski definition) is 2. The third-order valence-electron chi connectivity index (χ3n) is 4.34. The number of amides is 2. The molecule has 1 atom stereocenters. The van der Waals surface area contributed by atoms with Crippen LogP contribution in [0, 0.1) is 11.6 Å². The molecule has 0 aliphatic heterocycles. The molecule has 0 heterocycles. The number of primary amides is 1. The van der Waals surface area contributed by atoms with Crippen molar-refractivity contribution < 1.29 is 18.4 Å². The summed E-state index contributed by atoms with van der Waals surface area (Å²) in [4.78, 5) is 23.9. The number of benzene rings is 2. The van der Waals surface area contributed by atoms with Crippen molar-refractivity contribution in [2.45, 2.75) is 45.1 Å². The van der Waals surface area contributed by atoms with Gasteiger partial charge in [-0.1, -0.05) is 51.1 Å². The number of halogens is 2. The molecule has 144 valence electrons. The Morgan fingerprint density at radius 2 is 1.59 bits per heavy atom. The smallest absolute Gasteiger partial charge is 0.240 e. The van der Waals surface area contributed by atoms with Gasteiger partial charge in [-0.2, -0.15) is 0 Å². The number of hydrogen-bond donors (Lipinski definition) is 2. The van der Waals surface area contributed by atoms with Gasteiger partial charge in [-0.05, 0) is 28.7 Å². The van der Waals surface area contributed by atoms with Crippen LogP contribution >= 0.6 is 0 Å². The summed E-state index contributed by atoms with van der Waals surface area (Å²) in [7, 11) is 0. The van der Waals surface area contributed by atoms with Crippen molar-refractivity contribution >= 4 is 11.8 Å². The lowest BCUT2D eigenvalue weighted by molar-refractivity contribution is -0.127. The van der Waals surface area contributed by atoms with Gasteiger partial charge in [0.05, 0.1) is 6.42 Å². The van der Waals surface area contributed by atoms with Crippen LogP contribution in [0.2, 0.25) is 0 Å². The minimum atomic E-state index is -0.965. The van der Waals surface area contributed by atoms with E-state index in [0.29, 0.717) is 0 Å². The monoisotopic (exact) mass is 374 g/mol. The molecule has 6 heteroatoms. The molecule has 0 fully saturated rings. The predicted octanol–water partition coefficient (Wildman–Crippen LogP) is 3.02. The summed E-state index contributed by atoms with van der Waals surface area (Å²) >= 11 is 0. The van der Waals surface area contributed by atoms with E-state index in [1.165, 1.54) is 6.07 Å². The van der Waals surface area contributed by atoms with Crippen molar-refractivity contribution in [2.75, 3.05) is 0 Å². The normalized spacial score (nSPS) is 12.5. The average molecular weight is 374 g/mol. The summed E-state index contributed by atoms with van der Waals surface area (Å²) in [5.41, 5.74) is 7.01. The average Bonchev–Trinajstić information content (AvgIpc) is 2.57. The van der Waals surface area contributed by atoms with E-state index >= 15 is 0 Å². The number of nitrogens with two attached hydrogens (primary N) is 1. The van der Waals surface area contributed by atoms with Crippen molar-refractivity contribution in [2.24, 2.45) is 5.73 Å². The van der Waals surface area contributed by atoms with Gasteiger partial charge in [0.15, 0.2) is 0 Å². The molecular formula is C21H24F2N2O2. The predicted molar refractivity (Wildman–Crippen MR) is 100 cm³/mol. The molecule has 0 unspecified atom stereocenters. The second-order valence-corrected chi connectivity index (χ2v) is 7.55. The maximum atomic E-state index is 13.7. The Bertz CT molecular complexity index is 807. The Morgan fingerprint density at radius 1 is 1.04 bits per heavy atom. The third kappa shape index (κ3) is 5.61. The van der Waals surface area contributed by atoms with Crippen molar-refractivity contribution in [1.29, 1.82) is 0 Å². The Kier molecular flexibility index (Phi) is 6.31. The van der Waals surface area contributed by atoms with E-state index in [0.717, 1.165) is 23.3 Å². The molecule has 0 radical (unpaired) electrons. The first-order valence-electron chi connectivity index (χ1n) is 8.69. The number of carbonyl (C=O) groups excluding carboxylic acids is 2. The van der Waals surface area contributed by atoms with E-state index in [1.54, 1.807) is 0 Å². The molecular weight excluding hydrogens is 350 g/mol. The topological polar surface area (TPSA) is 72.2 Å². The van der Waals surface area contributed by atoms with Crippen LogP contribution in [-0.2, 0) is 27.8 Å². The zero-order valence-corrected chi connectivity index (χ0v) is 15.7. The summed E-state index contributed by atoms with van der Waals surface area (Å²) < 4.78 is 27.4. The molecule has 3 N–H and O–H groups in total. The largest absolute Gasteiger partial charge is 0.368 e. The third-order valence-corrected chi connectivity index (χ3v) is 4.34. The van der Waals surface area contributed by atoms with Crippen molar-refractivity contribution in [3.8, 4) is 0 Å². The maximum Gasteiger partial charge on any atom is 0.240 e. The number of rotatable bonds is 6. The molecule has 2 rings (SSSR count). The highest BCUT2D eigenvalue weighted by molar-refractivity contribution is 5.87. The van der Waals surface area contributed by atoms with Crippen LogP contribution in [-0.4, -0.2) is 17.9 Å². The van der Waals surface area contributed by atoms with E-state index in [1.807, 2.05) is 24.3 Å². The molecule has 2 aromatic carbocycles. The summed E-state index contributed by atoms with van der Waals surface area (Å²) in [6.07, 6.45) is -0.309. The summed E-state index contributed by atoms with van der Waals surface area (Å²) in [6.45, 7) is 6.28. The van der Waals surface area contributed by atoms with E-state index in [9.17, 15) is 18.4 Å². The molecule has 0 aliphatic carbocycles. The zero-order valence-electron chi connectivity index (χ0n) is 15.7. The Balaban J connectivity index is 2.07. The van der Waals surface area contributed by atoms with Gasteiger partial charge in [0, 0.05) is 12.0 Å². The first kappa shape index (κ1) is 20.6. The van der Waals surface area contributed by atoms with Crippen LogP contribution in [0.1, 0.15) is 37.5 Å². The Labute approximate surface area is 157 Å². The van der Waals surface area contributed by atoms with Crippen LogP contribution < -0.4 is 11.1 Å². The van der Waals surface area contributed by atoms with Gasteiger partial charge in [-0.25, -0.2) is 8.78 Å². The van der Waals surface area contributed by atoms with Gasteiger partial charge in [-0.3, -0.25) is 9.59 Å². The fraction of sp³-hybridized carbons (Fsp3) is 0.333. The molecule has 27 heavy (non-hydrogen) atoms. The standard InChI is InChI=1S/C21H24F2N2O2/c1-21(2,3)14-9-7-13(8-10-14)11-18(20(24)27)25-19(26)12-15-16(22)5-4-6-17(15)23/h4-10,18H,11-12H2,1-3H3,(H2,24,27)(H,25,26)/t18-/m0/s1. The lowest BCUT2D eigenvalue weighted by Crippen LogP contribution is -2.46. The zero-order chi connectivity index (χ0) is 20.2. The fourth-order valence-corrected chi connectivity index (χ4v) is 2.71. The molecule has 0 bridgehead atoms. The van der Waals surface area contributed by atoms with Crippen molar-refractivity contribution in [3.05, 3.63) is 70.8 Å². The quantitative estimate of drug-likeness (QED) is 0.816. The van der Waals surface area contributed by atoms with Gasteiger partial charge in [-0.15, -0.1) is 0 Å². The fourth-order valence-electron chi connectivity index (χ4n) is 2.71. The van der Waals surface area contributed by atoms with Crippen LogP contribution in [0.3, 0.4) is 0 Å². The second kappa shape index (κ2) is 8.29. The van der Waals surface area contributed by atoms with E-state index in [-0.39, 0.29) is 17.4 Å². The highest BCUT2D eigenvalue weighted by Gasteiger charge is 2.21. The Hall–Kier alpha value is -2.76. The summed E-state index contributed by atoms with van der Waals surface area (Å²) in [5, 5.41) is 2.47. The molecule has 0 aliphatic rings. The summed E-state index contributed by atoms with van der Waals surface area (Å²) in [5.74, 6) is -3.00. The molecule has 0 aromatic heterocycles. The molecule has 0 saturated heterocycles. The van der Waals surface area contributed by atoms with E-state index in [4.69, 9.17) is 5.73 Å². The van der Waals surface area contributed by atoms with Gasteiger partial charge in [0.1, 0.15) is 17.7 Å². The van der Waals surface area contributed by atoms with Crippen LogP contribution in [0.15, 0.2) is 42.5 Å². The van der Waals surface area contributed by atoms with E-state index in [2.05, 4.69) is 26.1 Å². The highest BCUT2D eigenvalue weighted by Crippen LogP contribution is 2.22. The number of nitrogens with one attached hydrogen (secondary N) is 1.